The fraction of sp³-hybridized carbons (Fsp3) is 0.941. The van der Waals surface area contributed by atoms with Crippen LogP contribution in [0.3, 0.4) is 0 Å². The van der Waals surface area contributed by atoms with Crippen LogP contribution in [0.1, 0.15) is 34.1 Å². The first-order valence-electron chi connectivity index (χ1n) is 8.76. The summed E-state index contributed by atoms with van der Waals surface area (Å²) in [6.45, 7) is 12.4. The van der Waals surface area contributed by atoms with Crippen LogP contribution in [0.25, 0.3) is 0 Å². The van der Waals surface area contributed by atoms with Crippen LogP contribution in [0, 0.1) is 0 Å². The molecule has 0 aliphatic heterocycles. The molecule has 0 spiro atoms. The van der Waals surface area contributed by atoms with E-state index in [0.717, 1.165) is 19.6 Å². The first-order valence-corrected chi connectivity index (χ1v) is 8.76. The lowest BCUT2D eigenvalue weighted by Gasteiger charge is -2.04. The third-order valence-electron chi connectivity index (χ3n) is 2.13. The number of carbonyl (C=O) groups is 1. The van der Waals surface area contributed by atoms with Crippen molar-refractivity contribution in [3.05, 3.63) is 0 Å². The zero-order valence-electron chi connectivity index (χ0n) is 16.3. The molecule has 0 aromatic carbocycles. The van der Waals surface area contributed by atoms with Crippen molar-refractivity contribution in [3.8, 4) is 0 Å². The van der Waals surface area contributed by atoms with Crippen LogP contribution in [-0.2, 0) is 28.5 Å². The van der Waals surface area contributed by atoms with Crippen molar-refractivity contribution in [1.29, 1.82) is 0 Å². The van der Waals surface area contributed by atoms with E-state index in [9.17, 15) is 4.79 Å². The Hall–Kier alpha value is -0.770. The van der Waals surface area contributed by atoms with Gasteiger partial charge in [-0.25, -0.2) is 0 Å². The molecular weight excluding hydrogens is 332 g/mol. The molecule has 0 fully saturated rings. The Kier molecular flexibility index (Phi) is 36.0. The highest BCUT2D eigenvalue weighted by atomic mass is 16.5. The number of ether oxygens (including phenoxy) is 5. The van der Waals surface area contributed by atoms with E-state index in [2.05, 4.69) is 4.74 Å². The van der Waals surface area contributed by atoms with E-state index in [-0.39, 0.29) is 19.2 Å². The van der Waals surface area contributed by atoms with Gasteiger partial charge in [-0.15, -0.1) is 0 Å². The van der Waals surface area contributed by atoms with Crippen molar-refractivity contribution < 1.29 is 38.7 Å². The van der Waals surface area contributed by atoms with Gasteiger partial charge in [0.1, 0.15) is 0 Å². The quantitative estimate of drug-likeness (QED) is 0.345. The fourth-order valence-electron chi connectivity index (χ4n) is 1.12. The summed E-state index contributed by atoms with van der Waals surface area (Å²) < 4.78 is 24.4. The predicted octanol–water partition coefficient (Wildman–Crippen LogP) is 1.02. The van der Waals surface area contributed by atoms with Crippen molar-refractivity contribution >= 4 is 5.97 Å². The van der Waals surface area contributed by atoms with Gasteiger partial charge < -0.3 is 33.9 Å². The van der Waals surface area contributed by atoms with Crippen LogP contribution in [0.2, 0.25) is 0 Å². The average molecular weight is 370 g/mol. The molecular formula is C17H38O8. The number of aliphatic hydroxyl groups excluding tert-OH is 2. The molecule has 8 heteroatoms. The topological polar surface area (TPSA) is 104 Å². The van der Waals surface area contributed by atoms with Crippen molar-refractivity contribution in [2.45, 2.75) is 34.1 Å². The standard InChI is InChI=1S/C8H18O5.C5H10O2.C4H10O/c9-1-3-11-5-7-13-8-6-12-4-2-10;1-3-4-7-5(2)6;1-3-5-4-2/h9-10H,1-8H2;3-4H2,1-2H3;3-4H2,1-2H3. The van der Waals surface area contributed by atoms with Gasteiger partial charge in [-0.2, -0.15) is 0 Å². The van der Waals surface area contributed by atoms with Gasteiger partial charge in [0.15, 0.2) is 0 Å². The Morgan fingerprint density at radius 3 is 1.28 bits per heavy atom. The molecule has 0 saturated heterocycles. The number of hydrogen-bond acceptors (Lipinski definition) is 8. The summed E-state index contributed by atoms with van der Waals surface area (Å²) in [7, 11) is 0. The number of rotatable bonds is 14. The lowest BCUT2D eigenvalue weighted by molar-refractivity contribution is -0.140. The van der Waals surface area contributed by atoms with Crippen LogP contribution >= 0.6 is 0 Å². The fourth-order valence-corrected chi connectivity index (χ4v) is 1.12. The van der Waals surface area contributed by atoms with Crippen LogP contribution in [0.4, 0.5) is 0 Å². The molecule has 0 amide bonds. The Morgan fingerprint density at radius 1 is 0.680 bits per heavy atom. The van der Waals surface area contributed by atoms with Crippen molar-refractivity contribution in [1.82, 2.24) is 0 Å². The van der Waals surface area contributed by atoms with Crippen molar-refractivity contribution in [2.75, 3.05) is 72.7 Å². The number of aliphatic hydroxyl groups is 2. The maximum absolute atomic E-state index is 9.98. The summed E-state index contributed by atoms with van der Waals surface area (Å²) in [5.74, 6) is -0.193. The first kappa shape index (κ1) is 29.0. The van der Waals surface area contributed by atoms with Gasteiger partial charge in [0, 0.05) is 20.1 Å². The summed E-state index contributed by atoms with van der Waals surface area (Å²) >= 11 is 0. The minimum absolute atomic E-state index is 0.0413. The van der Waals surface area contributed by atoms with Crippen molar-refractivity contribution in [2.24, 2.45) is 0 Å². The predicted molar refractivity (Wildman–Crippen MR) is 95.7 cm³/mol. The first-order chi connectivity index (χ1) is 12.1. The summed E-state index contributed by atoms with van der Waals surface area (Å²) in [6, 6.07) is 0. The van der Waals surface area contributed by atoms with Crippen LogP contribution in [-0.4, -0.2) is 88.9 Å². The molecule has 2 N–H and O–H groups in total. The smallest absolute Gasteiger partial charge is 0.302 e. The summed E-state index contributed by atoms with van der Waals surface area (Å²) in [5.41, 5.74) is 0. The lowest BCUT2D eigenvalue weighted by atomic mass is 10.5. The molecule has 0 aliphatic rings. The van der Waals surface area contributed by atoms with E-state index in [1.807, 2.05) is 20.8 Å². The zero-order chi connectivity index (χ0) is 19.6. The maximum Gasteiger partial charge on any atom is 0.302 e. The molecule has 0 aromatic heterocycles. The second kappa shape index (κ2) is 31.0. The SMILES string of the molecule is CCCOC(C)=O.CCOCC.OCCOCCOCCOCCO. The van der Waals surface area contributed by atoms with Gasteiger partial charge in [-0.1, -0.05) is 6.92 Å². The third-order valence-corrected chi connectivity index (χ3v) is 2.13. The minimum atomic E-state index is -0.193. The molecule has 0 aromatic rings. The largest absolute Gasteiger partial charge is 0.466 e. The zero-order valence-corrected chi connectivity index (χ0v) is 16.3. The van der Waals surface area contributed by atoms with E-state index >= 15 is 0 Å². The second-order valence-corrected chi connectivity index (χ2v) is 4.41. The molecule has 8 nitrogen and oxygen atoms in total. The van der Waals surface area contributed by atoms with Gasteiger partial charge >= 0.3 is 5.97 Å². The normalized spacial score (nSPS) is 9.52. The number of esters is 1. The van der Waals surface area contributed by atoms with Gasteiger partial charge in [0.2, 0.25) is 0 Å². The van der Waals surface area contributed by atoms with Crippen molar-refractivity contribution in [3.63, 3.8) is 0 Å². The summed E-state index contributed by atoms with van der Waals surface area (Å²) in [5, 5.41) is 16.7. The molecule has 154 valence electrons. The number of hydrogen-bond donors (Lipinski definition) is 2. The van der Waals surface area contributed by atoms with Gasteiger partial charge in [-0.3, -0.25) is 4.79 Å². The molecule has 0 heterocycles. The third kappa shape index (κ3) is 45.1. The summed E-state index contributed by atoms with van der Waals surface area (Å²) in [6.07, 6.45) is 0.902. The van der Waals surface area contributed by atoms with E-state index in [1.165, 1.54) is 6.92 Å². The molecule has 0 radical (unpaired) electrons. The highest BCUT2D eigenvalue weighted by Crippen LogP contribution is 1.80. The Labute approximate surface area is 152 Å². The Morgan fingerprint density at radius 2 is 1.08 bits per heavy atom. The molecule has 25 heavy (non-hydrogen) atoms. The second-order valence-electron chi connectivity index (χ2n) is 4.41. The molecule has 0 bridgehead atoms. The maximum atomic E-state index is 9.98. The molecule has 0 unspecified atom stereocenters. The number of carbonyl (C=O) groups excluding carboxylic acids is 1. The Bertz CT molecular complexity index is 215. The van der Waals surface area contributed by atoms with Crippen LogP contribution in [0.5, 0.6) is 0 Å². The highest BCUT2D eigenvalue weighted by molar-refractivity contribution is 5.65. The van der Waals surface area contributed by atoms with Gasteiger partial charge in [-0.05, 0) is 20.3 Å². The lowest BCUT2D eigenvalue weighted by Crippen LogP contribution is -2.11. The van der Waals surface area contributed by atoms with Gasteiger partial charge in [0.25, 0.3) is 0 Å². The summed E-state index contributed by atoms with van der Waals surface area (Å²) in [4.78, 5) is 9.98. The molecule has 0 rings (SSSR count). The Balaban J connectivity index is -0.000000337. The minimum Gasteiger partial charge on any atom is -0.466 e. The van der Waals surface area contributed by atoms with Gasteiger partial charge in [0.05, 0.1) is 59.5 Å². The van der Waals surface area contributed by atoms with Crippen LogP contribution in [0.15, 0.2) is 0 Å². The van der Waals surface area contributed by atoms with E-state index in [0.29, 0.717) is 46.2 Å². The van der Waals surface area contributed by atoms with E-state index < -0.39 is 0 Å². The molecule has 0 aliphatic carbocycles. The monoisotopic (exact) mass is 370 g/mol. The molecule has 0 atom stereocenters. The van der Waals surface area contributed by atoms with Crippen LogP contribution < -0.4 is 0 Å². The highest BCUT2D eigenvalue weighted by Gasteiger charge is 1.90. The van der Waals surface area contributed by atoms with E-state index in [1.54, 1.807) is 0 Å². The average Bonchev–Trinajstić information content (AvgIpc) is 2.60. The molecule has 0 saturated carbocycles. The van der Waals surface area contributed by atoms with E-state index in [4.69, 9.17) is 29.2 Å².